The summed E-state index contributed by atoms with van der Waals surface area (Å²) in [6.07, 6.45) is -9.94. The Morgan fingerprint density at radius 2 is 1.81 bits per heavy atom. The van der Waals surface area contributed by atoms with Crippen molar-refractivity contribution in [3.63, 3.8) is 0 Å². The van der Waals surface area contributed by atoms with Gasteiger partial charge >= 0.3 is 12.7 Å². The van der Waals surface area contributed by atoms with Crippen LogP contribution in [0, 0.1) is 5.92 Å². The normalized spacial score (nSPS) is 25.3. The molecule has 0 aliphatic heterocycles. The maximum absolute atomic E-state index is 12.1. The van der Waals surface area contributed by atoms with Crippen LogP contribution in [0.3, 0.4) is 0 Å². The minimum absolute atomic E-state index is 0.0628. The Kier molecular flexibility index (Phi) is 7.45. The Bertz CT molecular complexity index is 806. The van der Waals surface area contributed by atoms with Crippen LogP contribution in [-0.2, 0) is 19.0 Å². The number of aromatic nitrogens is 2. The van der Waals surface area contributed by atoms with Crippen molar-refractivity contribution in [1.82, 2.24) is 15.5 Å². The Balaban J connectivity index is 1.28. The van der Waals surface area contributed by atoms with Crippen molar-refractivity contribution in [3.05, 3.63) is 18.4 Å². The molecule has 0 unspecified atom stereocenters. The largest absolute Gasteiger partial charge is 0.522 e. The predicted octanol–water partition coefficient (Wildman–Crippen LogP) is 3.31. The van der Waals surface area contributed by atoms with E-state index in [9.17, 15) is 31.1 Å². The molecule has 180 valence electrons. The van der Waals surface area contributed by atoms with Crippen LogP contribution >= 0.6 is 0 Å². The highest BCUT2D eigenvalue weighted by Crippen LogP contribution is 2.47. The molecule has 1 aromatic rings. The van der Waals surface area contributed by atoms with Crippen LogP contribution in [0.2, 0.25) is 0 Å². The quantitative estimate of drug-likeness (QED) is 0.493. The van der Waals surface area contributed by atoms with Gasteiger partial charge in [0.2, 0.25) is 17.7 Å². The molecule has 2 atom stereocenters. The van der Waals surface area contributed by atoms with Crippen LogP contribution in [0.5, 0.6) is 0 Å². The van der Waals surface area contributed by atoms with Gasteiger partial charge in [0.25, 0.3) is 0 Å². The van der Waals surface area contributed by atoms with Crippen LogP contribution in [0.15, 0.2) is 11.0 Å². The Labute approximate surface area is 178 Å². The highest BCUT2D eigenvalue weighted by atomic mass is 19.4. The summed E-state index contributed by atoms with van der Waals surface area (Å²) in [7, 11) is 0. The van der Waals surface area contributed by atoms with Gasteiger partial charge in [-0.3, -0.25) is 14.3 Å². The molecule has 0 aromatic carbocycles. The number of amides is 1. The maximum Gasteiger partial charge on any atom is 0.522 e. The molecule has 0 radical (unpaired) electrons. The first kappa shape index (κ1) is 24.5. The summed E-state index contributed by atoms with van der Waals surface area (Å²) in [4.78, 5) is 11.8. The van der Waals surface area contributed by atoms with Crippen LogP contribution in [-0.4, -0.2) is 60.8 Å². The fourth-order valence-corrected chi connectivity index (χ4v) is 3.11. The molecule has 1 N–H and O–H groups in total. The van der Waals surface area contributed by atoms with Crippen molar-refractivity contribution in [2.24, 2.45) is 5.92 Å². The lowest BCUT2D eigenvalue weighted by Crippen LogP contribution is -2.42. The van der Waals surface area contributed by atoms with Crippen molar-refractivity contribution in [3.8, 4) is 0 Å². The molecule has 1 aromatic heterocycles. The molecule has 32 heavy (non-hydrogen) atoms. The highest BCUT2D eigenvalue weighted by molar-refractivity contribution is 5.77. The number of halogens is 6. The SMILES string of the molecule is C=C(CCNC(=O)COC1CC(OC(F)(F)F)C1)c1nnc([C@H]2C[C@H]2COC(F)(F)F)o1. The summed E-state index contributed by atoms with van der Waals surface area (Å²) >= 11 is 0. The van der Waals surface area contributed by atoms with E-state index in [1.807, 2.05) is 0 Å². The van der Waals surface area contributed by atoms with Crippen LogP contribution in [0.25, 0.3) is 5.57 Å². The van der Waals surface area contributed by atoms with Crippen LogP contribution in [0.4, 0.5) is 26.3 Å². The minimum atomic E-state index is -4.68. The first-order valence-corrected chi connectivity index (χ1v) is 9.74. The lowest BCUT2D eigenvalue weighted by Gasteiger charge is -2.34. The molecule has 1 amide bonds. The number of nitrogens with one attached hydrogen (secondary N) is 1. The third-order valence-electron chi connectivity index (χ3n) is 4.99. The Hall–Kier alpha value is -2.19. The van der Waals surface area contributed by atoms with Crippen molar-refractivity contribution in [1.29, 1.82) is 0 Å². The monoisotopic (exact) mass is 473 g/mol. The number of alkyl halides is 6. The van der Waals surface area contributed by atoms with E-state index in [1.165, 1.54) is 0 Å². The smallest absolute Gasteiger partial charge is 0.421 e. The molecule has 2 aliphatic rings. The molecule has 2 saturated carbocycles. The van der Waals surface area contributed by atoms with Crippen molar-refractivity contribution in [2.75, 3.05) is 19.8 Å². The molecule has 0 saturated heterocycles. The van der Waals surface area contributed by atoms with Gasteiger partial charge < -0.3 is 14.5 Å². The van der Waals surface area contributed by atoms with E-state index in [2.05, 4.69) is 31.6 Å². The molecule has 3 rings (SSSR count). The number of carbonyl (C=O) groups excluding carboxylic acids is 1. The van der Waals surface area contributed by atoms with Gasteiger partial charge in [0.15, 0.2) is 0 Å². The Morgan fingerprint density at radius 1 is 1.09 bits per heavy atom. The zero-order valence-electron chi connectivity index (χ0n) is 16.7. The molecule has 0 spiro atoms. The van der Waals surface area contributed by atoms with Gasteiger partial charge in [-0.1, -0.05) is 6.58 Å². The van der Waals surface area contributed by atoms with Gasteiger partial charge in [0.05, 0.1) is 18.8 Å². The van der Waals surface area contributed by atoms with E-state index < -0.39 is 37.4 Å². The van der Waals surface area contributed by atoms with E-state index in [4.69, 9.17) is 9.15 Å². The fourth-order valence-electron chi connectivity index (χ4n) is 3.11. The van der Waals surface area contributed by atoms with Crippen molar-refractivity contribution < 1.29 is 49.8 Å². The summed E-state index contributed by atoms with van der Waals surface area (Å²) in [5.74, 6) is -0.755. The first-order chi connectivity index (χ1) is 14.9. The first-order valence-electron chi connectivity index (χ1n) is 9.74. The lowest BCUT2D eigenvalue weighted by atomic mass is 9.92. The predicted molar refractivity (Wildman–Crippen MR) is 93.7 cm³/mol. The molecule has 1 heterocycles. The zero-order chi connectivity index (χ0) is 23.5. The fraction of sp³-hybridized carbons (Fsp3) is 0.722. The number of nitrogens with zero attached hydrogens (tertiary/aromatic N) is 2. The average Bonchev–Trinajstić information content (AvgIpc) is 3.25. The third kappa shape index (κ3) is 7.74. The van der Waals surface area contributed by atoms with E-state index in [0.29, 0.717) is 12.0 Å². The van der Waals surface area contributed by atoms with Gasteiger partial charge in [0, 0.05) is 30.9 Å². The van der Waals surface area contributed by atoms with Gasteiger partial charge in [0.1, 0.15) is 6.61 Å². The summed E-state index contributed by atoms with van der Waals surface area (Å²) in [6, 6.07) is 0. The Morgan fingerprint density at radius 3 is 2.47 bits per heavy atom. The number of hydrogen-bond acceptors (Lipinski definition) is 7. The van der Waals surface area contributed by atoms with Crippen LogP contribution < -0.4 is 5.32 Å². The second kappa shape index (κ2) is 9.75. The summed E-state index contributed by atoms with van der Waals surface area (Å²) in [5.41, 5.74) is 0.430. The van der Waals surface area contributed by atoms with Gasteiger partial charge in [-0.2, -0.15) is 0 Å². The second-order valence-electron chi connectivity index (χ2n) is 7.60. The summed E-state index contributed by atoms with van der Waals surface area (Å²) < 4.78 is 90.6. The number of ether oxygens (including phenoxy) is 3. The zero-order valence-corrected chi connectivity index (χ0v) is 16.7. The number of hydrogen-bond donors (Lipinski definition) is 1. The second-order valence-corrected chi connectivity index (χ2v) is 7.60. The molecule has 2 fully saturated rings. The van der Waals surface area contributed by atoms with E-state index in [-0.39, 0.29) is 56.0 Å². The third-order valence-corrected chi connectivity index (χ3v) is 4.99. The van der Waals surface area contributed by atoms with Gasteiger partial charge in [-0.05, 0) is 18.8 Å². The average molecular weight is 473 g/mol. The minimum Gasteiger partial charge on any atom is -0.421 e. The highest BCUT2D eigenvalue weighted by Gasteiger charge is 2.45. The van der Waals surface area contributed by atoms with E-state index in [0.717, 1.165) is 0 Å². The summed E-state index contributed by atoms with van der Waals surface area (Å²) in [6.45, 7) is 3.18. The molecule has 0 bridgehead atoms. The lowest BCUT2D eigenvalue weighted by molar-refractivity contribution is -0.357. The molecule has 8 nitrogen and oxygen atoms in total. The molecular formula is C18H21F6N3O5. The maximum atomic E-state index is 12.1. The number of rotatable bonds is 11. The summed E-state index contributed by atoms with van der Waals surface area (Å²) in [5, 5.41) is 10.2. The molecular weight excluding hydrogens is 452 g/mol. The van der Waals surface area contributed by atoms with Gasteiger partial charge in [-0.25, -0.2) is 0 Å². The van der Waals surface area contributed by atoms with E-state index in [1.54, 1.807) is 0 Å². The molecule has 14 heteroatoms. The number of carbonyl (C=O) groups is 1. The van der Waals surface area contributed by atoms with Crippen LogP contribution in [0.1, 0.15) is 43.4 Å². The topological polar surface area (TPSA) is 95.7 Å². The standard InChI is InChI=1S/C18H21F6N3O5/c1-9(15-26-27-16(31-15)13-4-10(13)7-30-17(19,20)21)2-3-25-14(28)8-29-11-5-12(6-11)32-18(22,23)24/h10-13H,1-8H2,(H,25,28)/t10-,11?,12?,13-/m0/s1. The van der Waals surface area contributed by atoms with E-state index >= 15 is 0 Å². The van der Waals surface area contributed by atoms with Crippen molar-refractivity contribution in [2.45, 2.75) is 56.5 Å². The molecule has 2 aliphatic carbocycles. The van der Waals surface area contributed by atoms with Crippen molar-refractivity contribution >= 4 is 11.5 Å². The van der Waals surface area contributed by atoms with Gasteiger partial charge in [-0.15, -0.1) is 36.5 Å².